The van der Waals surface area contributed by atoms with E-state index in [1.807, 2.05) is 0 Å². The molecule has 0 aromatic rings. The van der Waals surface area contributed by atoms with E-state index in [4.69, 9.17) is 0 Å². The first kappa shape index (κ1) is 8.25. The molecule has 2 aliphatic heterocycles. The van der Waals surface area contributed by atoms with Gasteiger partial charge in [-0.3, -0.25) is 4.90 Å². The predicted octanol–water partition coefficient (Wildman–Crippen LogP) is 1.24. The first-order valence-electron chi connectivity index (χ1n) is 5.82. The zero-order valence-corrected chi connectivity index (χ0v) is 8.28. The lowest BCUT2D eigenvalue weighted by atomic mass is 10.0. The third kappa shape index (κ3) is 1.40. The summed E-state index contributed by atoms with van der Waals surface area (Å²) >= 11 is 0. The summed E-state index contributed by atoms with van der Waals surface area (Å²) in [4.78, 5) is 2.81. The quantitative estimate of drug-likeness (QED) is 0.592. The van der Waals surface area contributed by atoms with Crippen molar-refractivity contribution in [1.29, 1.82) is 0 Å². The number of hydrogen-bond donors (Lipinski definition) is 0. The largest absolute Gasteiger partial charge is 0.297 e. The maximum atomic E-state index is 4.43. The minimum absolute atomic E-state index is 0.896. The summed E-state index contributed by atoms with van der Waals surface area (Å²) in [6.45, 7) is 3.66. The van der Waals surface area contributed by atoms with Gasteiger partial charge >= 0.3 is 0 Å². The van der Waals surface area contributed by atoms with E-state index in [9.17, 15) is 0 Å². The third-order valence-corrected chi connectivity index (χ3v) is 4.16. The molecule has 3 fully saturated rings. The molecule has 73 valence electrons. The van der Waals surface area contributed by atoms with Gasteiger partial charge in [0.15, 0.2) is 0 Å². The minimum Gasteiger partial charge on any atom is -0.297 e. The van der Waals surface area contributed by atoms with E-state index in [1.54, 1.807) is 0 Å². The van der Waals surface area contributed by atoms with E-state index >= 15 is 0 Å². The SMILES string of the molecule is C1CC(N2CC3CCC2C3)CC[N]1. The molecule has 2 atom stereocenters. The van der Waals surface area contributed by atoms with Gasteiger partial charge in [0.1, 0.15) is 0 Å². The molecule has 1 aliphatic carbocycles. The van der Waals surface area contributed by atoms with Crippen LogP contribution in [0.5, 0.6) is 0 Å². The van der Waals surface area contributed by atoms with E-state index in [0.29, 0.717) is 0 Å². The minimum atomic E-state index is 0.896. The van der Waals surface area contributed by atoms with Crippen molar-refractivity contribution in [2.75, 3.05) is 19.6 Å². The topological polar surface area (TPSA) is 17.3 Å². The van der Waals surface area contributed by atoms with Crippen molar-refractivity contribution in [2.45, 2.75) is 44.2 Å². The third-order valence-electron chi connectivity index (χ3n) is 4.16. The molecule has 3 aliphatic rings. The molecule has 0 aromatic heterocycles. The predicted molar refractivity (Wildman–Crippen MR) is 52.7 cm³/mol. The fourth-order valence-electron chi connectivity index (χ4n) is 3.48. The van der Waals surface area contributed by atoms with E-state index in [0.717, 1.165) is 31.1 Å². The van der Waals surface area contributed by atoms with Crippen molar-refractivity contribution >= 4 is 0 Å². The lowest BCUT2D eigenvalue weighted by Crippen LogP contribution is -2.45. The molecule has 0 aromatic carbocycles. The molecule has 0 amide bonds. The number of fused-ring (bicyclic) bond motifs is 2. The molecular formula is C11H19N2. The molecule has 0 spiro atoms. The Labute approximate surface area is 80.7 Å². The summed E-state index contributed by atoms with van der Waals surface area (Å²) in [5.41, 5.74) is 0. The molecule has 2 unspecified atom stereocenters. The van der Waals surface area contributed by atoms with Crippen LogP contribution in [-0.2, 0) is 0 Å². The van der Waals surface area contributed by atoms with Gasteiger partial charge in [0, 0.05) is 31.7 Å². The van der Waals surface area contributed by atoms with Crippen LogP contribution in [0.15, 0.2) is 0 Å². The zero-order valence-electron chi connectivity index (χ0n) is 8.28. The Balaban J connectivity index is 1.65. The molecule has 2 nitrogen and oxygen atoms in total. The highest BCUT2D eigenvalue weighted by Gasteiger charge is 2.40. The summed E-state index contributed by atoms with van der Waals surface area (Å²) in [7, 11) is 0. The van der Waals surface area contributed by atoms with Crippen molar-refractivity contribution in [3.63, 3.8) is 0 Å². The Kier molecular flexibility index (Phi) is 2.06. The highest BCUT2D eigenvalue weighted by Crippen LogP contribution is 2.39. The van der Waals surface area contributed by atoms with Crippen LogP contribution >= 0.6 is 0 Å². The van der Waals surface area contributed by atoms with Gasteiger partial charge in [-0.05, 0) is 38.0 Å². The van der Waals surface area contributed by atoms with Crippen molar-refractivity contribution in [2.24, 2.45) is 5.92 Å². The van der Waals surface area contributed by atoms with Gasteiger partial charge < -0.3 is 0 Å². The van der Waals surface area contributed by atoms with E-state index < -0.39 is 0 Å². The van der Waals surface area contributed by atoms with Crippen LogP contribution in [0.2, 0.25) is 0 Å². The van der Waals surface area contributed by atoms with E-state index in [1.165, 1.54) is 38.6 Å². The lowest BCUT2D eigenvalue weighted by molar-refractivity contribution is 0.122. The molecular weight excluding hydrogens is 160 g/mol. The smallest absolute Gasteiger partial charge is 0.0148 e. The highest BCUT2D eigenvalue weighted by molar-refractivity contribution is 4.95. The van der Waals surface area contributed by atoms with Gasteiger partial charge in [0.05, 0.1) is 0 Å². The second-order valence-corrected chi connectivity index (χ2v) is 4.93. The molecule has 13 heavy (non-hydrogen) atoms. The summed E-state index contributed by atoms with van der Waals surface area (Å²) in [5, 5.41) is 4.43. The summed E-state index contributed by atoms with van der Waals surface area (Å²) in [5.74, 6) is 1.06. The first-order valence-corrected chi connectivity index (χ1v) is 5.82. The fraction of sp³-hybridized carbons (Fsp3) is 1.00. The maximum absolute atomic E-state index is 4.43. The Bertz CT molecular complexity index is 187. The van der Waals surface area contributed by atoms with Crippen molar-refractivity contribution in [3.8, 4) is 0 Å². The standard InChI is InChI=1S/C11H19N2/c1-2-11-7-9(1)8-13(11)10-3-5-12-6-4-10/h9-11H,1-8H2. The van der Waals surface area contributed by atoms with Crippen LogP contribution in [0.1, 0.15) is 32.1 Å². The van der Waals surface area contributed by atoms with Crippen LogP contribution in [0.25, 0.3) is 0 Å². The highest BCUT2D eigenvalue weighted by atomic mass is 15.2. The summed E-state index contributed by atoms with van der Waals surface area (Å²) in [6, 6.07) is 1.86. The summed E-state index contributed by atoms with van der Waals surface area (Å²) in [6.07, 6.45) is 7.18. The second-order valence-electron chi connectivity index (χ2n) is 4.93. The average Bonchev–Trinajstić information content (AvgIpc) is 2.80. The number of rotatable bonds is 1. The van der Waals surface area contributed by atoms with Gasteiger partial charge in [0.2, 0.25) is 0 Å². The normalized spacial score (nSPS) is 41.5. The van der Waals surface area contributed by atoms with Gasteiger partial charge in [-0.2, -0.15) is 0 Å². The molecule has 3 rings (SSSR count). The Morgan fingerprint density at radius 2 is 1.77 bits per heavy atom. The van der Waals surface area contributed by atoms with Crippen LogP contribution in [0, 0.1) is 5.92 Å². The molecule has 2 heteroatoms. The van der Waals surface area contributed by atoms with Gasteiger partial charge in [-0.1, -0.05) is 0 Å². The van der Waals surface area contributed by atoms with Crippen LogP contribution in [0.4, 0.5) is 0 Å². The van der Waals surface area contributed by atoms with Gasteiger partial charge in [-0.25, -0.2) is 5.32 Å². The van der Waals surface area contributed by atoms with E-state index in [-0.39, 0.29) is 0 Å². The van der Waals surface area contributed by atoms with Crippen molar-refractivity contribution < 1.29 is 0 Å². The average molecular weight is 179 g/mol. The molecule has 0 N–H and O–H groups in total. The number of nitrogens with zero attached hydrogens (tertiary/aromatic N) is 2. The van der Waals surface area contributed by atoms with E-state index in [2.05, 4.69) is 10.2 Å². The molecule has 2 heterocycles. The fourth-order valence-corrected chi connectivity index (χ4v) is 3.48. The molecule has 1 saturated carbocycles. The molecule has 2 saturated heterocycles. The summed E-state index contributed by atoms with van der Waals surface area (Å²) < 4.78 is 0. The number of hydrogen-bond acceptors (Lipinski definition) is 1. The number of likely N-dealkylation sites (tertiary alicyclic amines) is 1. The Morgan fingerprint density at radius 1 is 0.923 bits per heavy atom. The van der Waals surface area contributed by atoms with Crippen LogP contribution in [-0.4, -0.2) is 36.6 Å². The zero-order chi connectivity index (χ0) is 8.67. The molecule has 1 radical (unpaired) electrons. The maximum Gasteiger partial charge on any atom is 0.0148 e. The lowest BCUT2D eigenvalue weighted by Gasteiger charge is -2.36. The Hall–Kier alpha value is -0.0800. The second kappa shape index (κ2) is 3.25. The van der Waals surface area contributed by atoms with Gasteiger partial charge in [-0.15, -0.1) is 0 Å². The van der Waals surface area contributed by atoms with Crippen molar-refractivity contribution in [1.82, 2.24) is 10.2 Å². The Morgan fingerprint density at radius 3 is 2.38 bits per heavy atom. The monoisotopic (exact) mass is 179 g/mol. The molecule has 2 bridgehead atoms. The number of piperidine rings is 2. The van der Waals surface area contributed by atoms with Crippen LogP contribution in [0.3, 0.4) is 0 Å². The van der Waals surface area contributed by atoms with Gasteiger partial charge in [0.25, 0.3) is 0 Å². The van der Waals surface area contributed by atoms with Crippen molar-refractivity contribution in [3.05, 3.63) is 0 Å². The first-order chi connectivity index (χ1) is 6.43. The van der Waals surface area contributed by atoms with Crippen LogP contribution < -0.4 is 5.32 Å².